The van der Waals surface area contributed by atoms with Crippen molar-refractivity contribution in [2.75, 3.05) is 26.7 Å². The van der Waals surface area contributed by atoms with Gasteiger partial charge in [0.25, 0.3) is 5.91 Å². The van der Waals surface area contributed by atoms with Gasteiger partial charge in [-0.15, -0.1) is 0 Å². The number of amides is 2. The van der Waals surface area contributed by atoms with Gasteiger partial charge in [0.15, 0.2) is 0 Å². The summed E-state index contributed by atoms with van der Waals surface area (Å²) in [5, 5.41) is 5.74. The quantitative estimate of drug-likeness (QED) is 0.846. The summed E-state index contributed by atoms with van der Waals surface area (Å²) in [6.07, 6.45) is 2.21. The zero-order valence-electron chi connectivity index (χ0n) is 11.8. The van der Waals surface area contributed by atoms with E-state index in [1.54, 1.807) is 24.3 Å². The highest BCUT2D eigenvalue weighted by Crippen LogP contribution is 2.07. The van der Waals surface area contributed by atoms with E-state index in [1.807, 2.05) is 18.0 Å². The first-order chi connectivity index (χ1) is 9.66. The van der Waals surface area contributed by atoms with Gasteiger partial charge in [-0.2, -0.15) is 0 Å². The van der Waals surface area contributed by atoms with Crippen LogP contribution in [0.2, 0.25) is 0 Å². The van der Waals surface area contributed by atoms with Crippen molar-refractivity contribution in [3.8, 4) is 0 Å². The molecule has 2 amide bonds. The zero-order valence-corrected chi connectivity index (χ0v) is 11.8. The van der Waals surface area contributed by atoms with Crippen molar-refractivity contribution >= 4 is 11.8 Å². The van der Waals surface area contributed by atoms with Crippen LogP contribution in [0, 0.1) is 0 Å². The molecule has 0 aliphatic carbocycles. The molecule has 1 aromatic rings. The van der Waals surface area contributed by atoms with E-state index in [1.165, 1.54) is 0 Å². The minimum atomic E-state index is -0.342. The molecule has 0 aromatic heterocycles. The SMILES string of the molecule is CN(CC(=O)NC(=O)c1ccccc1)C1CCCNC1. The molecule has 2 rings (SSSR count). The molecule has 0 spiro atoms. The summed E-state index contributed by atoms with van der Waals surface area (Å²) in [6, 6.07) is 9.14. The molecule has 1 aromatic carbocycles. The highest BCUT2D eigenvalue weighted by Gasteiger charge is 2.20. The molecule has 5 nitrogen and oxygen atoms in total. The first-order valence-electron chi connectivity index (χ1n) is 6.97. The van der Waals surface area contributed by atoms with Crippen LogP contribution in [0.15, 0.2) is 30.3 Å². The van der Waals surface area contributed by atoms with E-state index in [2.05, 4.69) is 10.6 Å². The largest absolute Gasteiger partial charge is 0.315 e. The first-order valence-corrected chi connectivity index (χ1v) is 6.97. The average molecular weight is 275 g/mol. The molecule has 1 saturated heterocycles. The summed E-state index contributed by atoms with van der Waals surface area (Å²) in [5.41, 5.74) is 0.503. The van der Waals surface area contributed by atoms with E-state index >= 15 is 0 Å². The monoisotopic (exact) mass is 275 g/mol. The predicted octanol–water partition coefficient (Wildman–Crippen LogP) is 0.627. The number of rotatable bonds is 4. The van der Waals surface area contributed by atoms with E-state index in [0.717, 1.165) is 25.9 Å². The fraction of sp³-hybridized carbons (Fsp3) is 0.467. The lowest BCUT2D eigenvalue weighted by molar-refractivity contribution is -0.121. The third kappa shape index (κ3) is 4.15. The number of nitrogens with zero attached hydrogens (tertiary/aromatic N) is 1. The van der Waals surface area contributed by atoms with Crippen LogP contribution in [-0.2, 0) is 4.79 Å². The van der Waals surface area contributed by atoms with Crippen LogP contribution in [0.5, 0.6) is 0 Å². The molecule has 1 aliphatic rings. The molecule has 1 aliphatic heterocycles. The molecule has 108 valence electrons. The number of carbonyl (C=O) groups excluding carboxylic acids is 2. The lowest BCUT2D eigenvalue weighted by atomic mass is 10.1. The Labute approximate surface area is 119 Å². The second kappa shape index (κ2) is 7.17. The summed E-state index contributed by atoms with van der Waals surface area (Å²) >= 11 is 0. The van der Waals surface area contributed by atoms with Crippen LogP contribution in [0.3, 0.4) is 0 Å². The maximum Gasteiger partial charge on any atom is 0.257 e. The average Bonchev–Trinajstić information content (AvgIpc) is 2.49. The highest BCUT2D eigenvalue weighted by molar-refractivity contribution is 6.05. The number of nitrogens with one attached hydrogen (secondary N) is 2. The van der Waals surface area contributed by atoms with E-state index in [9.17, 15) is 9.59 Å². The number of carbonyl (C=O) groups is 2. The van der Waals surface area contributed by atoms with Crippen LogP contribution in [-0.4, -0.2) is 49.4 Å². The fourth-order valence-corrected chi connectivity index (χ4v) is 2.39. The van der Waals surface area contributed by atoms with Crippen molar-refractivity contribution in [1.82, 2.24) is 15.5 Å². The van der Waals surface area contributed by atoms with Crippen LogP contribution in [0.4, 0.5) is 0 Å². The van der Waals surface area contributed by atoms with E-state index < -0.39 is 0 Å². The molecule has 20 heavy (non-hydrogen) atoms. The normalized spacial score (nSPS) is 18.8. The van der Waals surface area contributed by atoms with Gasteiger partial charge in [-0.05, 0) is 38.6 Å². The molecule has 1 fully saturated rings. The smallest absolute Gasteiger partial charge is 0.257 e. The van der Waals surface area contributed by atoms with Crippen molar-refractivity contribution in [3.05, 3.63) is 35.9 Å². The Morgan fingerprint density at radius 3 is 2.75 bits per heavy atom. The van der Waals surface area contributed by atoms with Gasteiger partial charge in [0.2, 0.25) is 5.91 Å². The van der Waals surface area contributed by atoms with Crippen molar-refractivity contribution in [1.29, 1.82) is 0 Å². The standard InChI is InChI=1S/C15H21N3O2/c1-18(13-8-5-9-16-10-13)11-14(19)17-15(20)12-6-3-2-4-7-12/h2-4,6-7,13,16H,5,8-11H2,1H3,(H,17,19,20). The summed E-state index contributed by atoms with van der Waals surface area (Å²) in [4.78, 5) is 25.7. The number of piperidine rings is 1. The van der Waals surface area contributed by atoms with Crippen LogP contribution < -0.4 is 10.6 Å². The zero-order chi connectivity index (χ0) is 14.4. The molecule has 5 heteroatoms. The Morgan fingerprint density at radius 1 is 1.35 bits per heavy atom. The Balaban J connectivity index is 1.81. The molecule has 0 bridgehead atoms. The molecule has 0 saturated carbocycles. The van der Waals surface area contributed by atoms with Gasteiger partial charge in [0.05, 0.1) is 6.54 Å². The van der Waals surface area contributed by atoms with E-state index in [0.29, 0.717) is 11.6 Å². The minimum absolute atomic E-state index is 0.241. The molecular weight excluding hydrogens is 254 g/mol. The molecule has 2 N–H and O–H groups in total. The molecule has 1 heterocycles. The van der Waals surface area contributed by atoms with Crippen molar-refractivity contribution < 1.29 is 9.59 Å². The van der Waals surface area contributed by atoms with E-state index in [4.69, 9.17) is 0 Å². The number of hydrogen-bond donors (Lipinski definition) is 2. The molecule has 1 atom stereocenters. The van der Waals surface area contributed by atoms with Gasteiger partial charge in [-0.1, -0.05) is 18.2 Å². The van der Waals surface area contributed by atoms with Gasteiger partial charge in [0, 0.05) is 18.2 Å². The lowest BCUT2D eigenvalue weighted by Gasteiger charge is -2.31. The second-order valence-electron chi connectivity index (χ2n) is 5.16. The number of hydrogen-bond acceptors (Lipinski definition) is 4. The van der Waals surface area contributed by atoms with Crippen molar-refractivity contribution in [2.45, 2.75) is 18.9 Å². The van der Waals surface area contributed by atoms with Gasteiger partial charge >= 0.3 is 0 Å². The van der Waals surface area contributed by atoms with Gasteiger partial charge in [0.1, 0.15) is 0 Å². The third-order valence-corrected chi connectivity index (χ3v) is 3.58. The number of imide groups is 1. The topological polar surface area (TPSA) is 61.4 Å². The highest BCUT2D eigenvalue weighted by atomic mass is 16.2. The third-order valence-electron chi connectivity index (χ3n) is 3.58. The van der Waals surface area contributed by atoms with Crippen LogP contribution >= 0.6 is 0 Å². The molecule has 1 unspecified atom stereocenters. The minimum Gasteiger partial charge on any atom is -0.315 e. The van der Waals surface area contributed by atoms with Gasteiger partial charge in [-0.25, -0.2) is 0 Å². The summed E-state index contributed by atoms with van der Waals surface area (Å²) < 4.78 is 0. The fourth-order valence-electron chi connectivity index (χ4n) is 2.39. The summed E-state index contributed by atoms with van der Waals surface area (Å²) in [7, 11) is 1.92. The van der Waals surface area contributed by atoms with Crippen LogP contribution in [0.1, 0.15) is 23.2 Å². The summed E-state index contributed by atoms with van der Waals surface area (Å²) in [5.74, 6) is -0.599. The van der Waals surface area contributed by atoms with Gasteiger partial charge < -0.3 is 5.32 Å². The lowest BCUT2D eigenvalue weighted by Crippen LogP contribution is -2.48. The van der Waals surface area contributed by atoms with Gasteiger partial charge in [-0.3, -0.25) is 19.8 Å². The Morgan fingerprint density at radius 2 is 2.10 bits per heavy atom. The Bertz CT molecular complexity index is 455. The predicted molar refractivity (Wildman–Crippen MR) is 77.4 cm³/mol. The Kier molecular flexibility index (Phi) is 5.26. The van der Waals surface area contributed by atoms with Crippen molar-refractivity contribution in [2.24, 2.45) is 0 Å². The first kappa shape index (κ1) is 14.7. The number of likely N-dealkylation sites (N-methyl/N-ethyl adjacent to an activating group) is 1. The maximum atomic E-state index is 11.9. The van der Waals surface area contributed by atoms with Crippen molar-refractivity contribution in [3.63, 3.8) is 0 Å². The van der Waals surface area contributed by atoms with Crippen LogP contribution in [0.25, 0.3) is 0 Å². The Hall–Kier alpha value is -1.72. The second-order valence-corrected chi connectivity index (χ2v) is 5.16. The van der Waals surface area contributed by atoms with E-state index in [-0.39, 0.29) is 18.4 Å². The maximum absolute atomic E-state index is 11.9. The molecular formula is C15H21N3O2. The number of benzene rings is 1. The summed E-state index contributed by atoms with van der Waals surface area (Å²) in [6.45, 7) is 2.18. The molecule has 0 radical (unpaired) electrons.